The van der Waals surface area contributed by atoms with Crippen molar-refractivity contribution >= 4 is 0 Å². The first kappa shape index (κ1) is 15.3. The van der Waals surface area contributed by atoms with Gasteiger partial charge in [-0.2, -0.15) is 0 Å². The molecule has 0 aliphatic heterocycles. The topological polar surface area (TPSA) is 21.3 Å². The van der Waals surface area contributed by atoms with Gasteiger partial charge in [0.25, 0.3) is 0 Å². The Balaban J connectivity index is 1.71. The summed E-state index contributed by atoms with van der Waals surface area (Å²) in [6, 6.07) is 0.638. The largest absolute Gasteiger partial charge is 0.378 e. The highest BCUT2D eigenvalue weighted by Gasteiger charge is 2.61. The Morgan fingerprint density at radius 2 is 2.00 bits per heavy atom. The second kappa shape index (κ2) is 5.73. The van der Waals surface area contributed by atoms with Crippen LogP contribution in [-0.4, -0.2) is 25.8 Å². The van der Waals surface area contributed by atoms with Crippen LogP contribution in [0.4, 0.5) is 0 Å². The molecule has 112 valence electrons. The van der Waals surface area contributed by atoms with Crippen molar-refractivity contribution in [2.75, 3.05) is 13.7 Å². The zero-order valence-corrected chi connectivity index (χ0v) is 13.6. The molecule has 1 N–H and O–H groups in total. The molecule has 2 saturated carbocycles. The maximum absolute atomic E-state index is 6.27. The van der Waals surface area contributed by atoms with Crippen molar-refractivity contribution in [2.24, 2.45) is 16.7 Å². The highest BCUT2D eigenvalue weighted by atomic mass is 16.5. The lowest BCUT2D eigenvalue weighted by Gasteiger charge is -2.39. The molecule has 2 heteroatoms. The first-order valence-electron chi connectivity index (χ1n) is 8.20. The molecule has 2 aliphatic carbocycles. The van der Waals surface area contributed by atoms with Crippen molar-refractivity contribution in [3.8, 4) is 0 Å². The first-order valence-corrected chi connectivity index (χ1v) is 8.20. The lowest BCUT2D eigenvalue weighted by molar-refractivity contribution is -0.0475. The van der Waals surface area contributed by atoms with E-state index in [1.54, 1.807) is 0 Å². The van der Waals surface area contributed by atoms with Gasteiger partial charge >= 0.3 is 0 Å². The molecule has 4 unspecified atom stereocenters. The SMILES string of the molecule is CNC(C)CCCCOC1CC2CCC1(C)C2(C)C. The van der Waals surface area contributed by atoms with E-state index >= 15 is 0 Å². The number of nitrogens with one attached hydrogen (secondary N) is 1. The zero-order chi connectivity index (χ0) is 14.1. The van der Waals surface area contributed by atoms with Gasteiger partial charge in [0.1, 0.15) is 0 Å². The minimum absolute atomic E-state index is 0.427. The van der Waals surface area contributed by atoms with E-state index in [4.69, 9.17) is 4.74 Å². The molecule has 0 radical (unpaired) electrons. The summed E-state index contributed by atoms with van der Waals surface area (Å²) < 4.78 is 6.27. The summed E-state index contributed by atoms with van der Waals surface area (Å²) in [4.78, 5) is 0. The maximum atomic E-state index is 6.27. The Labute approximate surface area is 119 Å². The summed E-state index contributed by atoms with van der Waals surface area (Å²) in [5.74, 6) is 0.895. The number of rotatable bonds is 7. The fraction of sp³-hybridized carbons (Fsp3) is 1.00. The summed E-state index contributed by atoms with van der Waals surface area (Å²) in [5, 5.41) is 3.29. The van der Waals surface area contributed by atoms with Crippen LogP contribution in [0.15, 0.2) is 0 Å². The summed E-state index contributed by atoms with van der Waals surface area (Å²) in [5.41, 5.74) is 0.911. The third-order valence-electron chi connectivity index (χ3n) is 6.56. The van der Waals surface area contributed by atoms with Gasteiger partial charge in [-0.25, -0.2) is 0 Å². The van der Waals surface area contributed by atoms with Crippen LogP contribution in [0, 0.1) is 16.7 Å². The van der Waals surface area contributed by atoms with Crippen LogP contribution < -0.4 is 5.32 Å². The van der Waals surface area contributed by atoms with Crippen molar-refractivity contribution in [2.45, 2.75) is 78.4 Å². The van der Waals surface area contributed by atoms with Gasteiger partial charge in [0.05, 0.1) is 6.10 Å². The van der Waals surface area contributed by atoms with Gasteiger partial charge in [0.2, 0.25) is 0 Å². The van der Waals surface area contributed by atoms with Gasteiger partial charge in [-0.05, 0) is 69.2 Å². The smallest absolute Gasteiger partial charge is 0.0636 e. The van der Waals surface area contributed by atoms with E-state index in [0.29, 0.717) is 23.0 Å². The Morgan fingerprint density at radius 3 is 2.53 bits per heavy atom. The molecule has 2 bridgehead atoms. The molecule has 2 aliphatic rings. The predicted molar refractivity (Wildman–Crippen MR) is 81.3 cm³/mol. The highest BCUT2D eigenvalue weighted by molar-refractivity contribution is 5.11. The van der Waals surface area contributed by atoms with Crippen LogP contribution in [0.25, 0.3) is 0 Å². The summed E-state index contributed by atoms with van der Waals surface area (Å²) in [7, 11) is 2.04. The molecule has 19 heavy (non-hydrogen) atoms. The van der Waals surface area contributed by atoms with Gasteiger partial charge in [-0.15, -0.1) is 0 Å². The van der Waals surface area contributed by atoms with Crippen molar-refractivity contribution in [3.05, 3.63) is 0 Å². The Bertz CT molecular complexity index is 302. The standard InChI is InChI=1S/C17H33NO/c1-13(18-5)8-6-7-11-19-15-12-14-9-10-17(15,4)16(14,2)3/h13-15,18H,6-12H2,1-5H3. The van der Waals surface area contributed by atoms with Crippen LogP contribution in [0.2, 0.25) is 0 Å². The van der Waals surface area contributed by atoms with Crippen LogP contribution >= 0.6 is 0 Å². The molecule has 2 fully saturated rings. The van der Waals surface area contributed by atoms with E-state index in [9.17, 15) is 0 Å². The lowest BCUT2D eigenvalue weighted by atomic mass is 9.70. The lowest BCUT2D eigenvalue weighted by Crippen LogP contribution is -2.37. The molecule has 0 aromatic rings. The van der Waals surface area contributed by atoms with Crippen molar-refractivity contribution in [1.29, 1.82) is 0 Å². The minimum atomic E-state index is 0.427. The monoisotopic (exact) mass is 267 g/mol. The summed E-state index contributed by atoms with van der Waals surface area (Å²) in [6.45, 7) is 10.6. The van der Waals surface area contributed by atoms with Gasteiger partial charge in [0, 0.05) is 12.6 Å². The highest BCUT2D eigenvalue weighted by Crippen LogP contribution is 2.66. The Kier molecular flexibility index (Phi) is 4.62. The molecular formula is C17H33NO. The summed E-state index contributed by atoms with van der Waals surface area (Å²) >= 11 is 0. The predicted octanol–water partition coefficient (Wildman–Crippen LogP) is 4.00. The van der Waals surface area contributed by atoms with Crippen LogP contribution in [0.3, 0.4) is 0 Å². The van der Waals surface area contributed by atoms with E-state index in [0.717, 1.165) is 12.5 Å². The quantitative estimate of drug-likeness (QED) is 0.704. The van der Waals surface area contributed by atoms with Gasteiger partial charge in [-0.3, -0.25) is 0 Å². The van der Waals surface area contributed by atoms with Gasteiger partial charge < -0.3 is 10.1 Å². The molecule has 2 nitrogen and oxygen atoms in total. The van der Waals surface area contributed by atoms with Crippen molar-refractivity contribution < 1.29 is 4.74 Å². The molecule has 4 atom stereocenters. The number of fused-ring (bicyclic) bond motifs is 2. The van der Waals surface area contributed by atoms with Crippen LogP contribution in [-0.2, 0) is 4.74 Å². The zero-order valence-electron chi connectivity index (χ0n) is 13.6. The number of unbranched alkanes of at least 4 members (excludes halogenated alkanes) is 1. The normalized spacial score (nSPS) is 37.7. The number of ether oxygens (including phenoxy) is 1. The van der Waals surface area contributed by atoms with Gasteiger partial charge in [-0.1, -0.05) is 20.8 Å². The molecule has 0 heterocycles. The minimum Gasteiger partial charge on any atom is -0.378 e. The first-order chi connectivity index (χ1) is 8.91. The number of hydrogen-bond acceptors (Lipinski definition) is 2. The van der Waals surface area contributed by atoms with E-state index in [1.807, 2.05) is 7.05 Å². The Morgan fingerprint density at radius 1 is 1.26 bits per heavy atom. The van der Waals surface area contributed by atoms with Crippen LogP contribution in [0.5, 0.6) is 0 Å². The molecule has 0 aromatic heterocycles. The van der Waals surface area contributed by atoms with Crippen molar-refractivity contribution in [1.82, 2.24) is 5.32 Å². The fourth-order valence-corrected chi connectivity index (χ4v) is 4.30. The summed E-state index contributed by atoms with van der Waals surface area (Å²) in [6.07, 6.45) is 8.35. The second-order valence-electron chi connectivity index (χ2n) is 7.66. The fourth-order valence-electron chi connectivity index (χ4n) is 4.30. The molecule has 0 saturated heterocycles. The average molecular weight is 267 g/mol. The van der Waals surface area contributed by atoms with E-state index < -0.39 is 0 Å². The molecule has 2 rings (SSSR count). The third kappa shape index (κ3) is 2.71. The van der Waals surface area contributed by atoms with Gasteiger partial charge in [0.15, 0.2) is 0 Å². The van der Waals surface area contributed by atoms with Crippen molar-refractivity contribution in [3.63, 3.8) is 0 Å². The average Bonchev–Trinajstić information content (AvgIpc) is 2.71. The van der Waals surface area contributed by atoms with E-state index in [2.05, 4.69) is 33.0 Å². The second-order valence-corrected chi connectivity index (χ2v) is 7.66. The van der Waals surface area contributed by atoms with Crippen LogP contribution in [0.1, 0.15) is 66.2 Å². The molecular weight excluding hydrogens is 234 g/mol. The Hall–Kier alpha value is -0.0800. The molecule has 0 aromatic carbocycles. The molecule has 0 amide bonds. The number of hydrogen-bond donors (Lipinski definition) is 1. The van der Waals surface area contributed by atoms with E-state index in [-0.39, 0.29) is 0 Å². The molecule has 0 spiro atoms. The third-order valence-corrected chi connectivity index (χ3v) is 6.56. The van der Waals surface area contributed by atoms with E-state index in [1.165, 1.54) is 38.5 Å². The maximum Gasteiger partial charge on any atom is 0.0636 e.